The van der Waals surface area contributed by atoms with E-state index in [4.69, 9.17) is 9.15 Å². The molecule has 0 aliphatic carbocycles. The number of aryl methyl sites for hydroxylation is 2. The SMILES string of the molecule is COc1ccc2[nH]cc(CCCN3CCN(c4ccc(-n5ccc6oc(C)cc6c5=O)cc4)CC3)c2c1. The van der Waals surface area contributed by atoms with Gasteiger partial charge in [-0.25, -0.2) is 0 Å². The van der Waals surface area contributed by atoms with Crippen LogP contribution in [0.15, 0.2) is 76.2 Å². The first-order valence-corrected chi connectivity index (χ1v) is 12.9. The summed E-state index contributed by atoms with van der Waals surface area (Å²) in [6, 6.07) is 18.2. The van der Waals surface area contributed by atoms with Crippen LogP contribution in [0.25, 0.3) is 27.6 Å². The van der Waals surface area contributed by atoms with E-state index in [1.165, 1.54) is 16.6 Å². The Morgan fingerprint density at radius 3 is 2.51 bits per heavy atom. The van der Waals surface area contributed by atoms with Gasteiger partial charge >= 0.3 is 0 Å². The van der Waals surface area contributed by atoms with Crippen LogP contribution in [0.5, 0.6) is 5.75 Å². The van der Waals surface area contributed by atoms with Crippen molar-refractivity contribution in [1.82, 2.24) is 14.5 Å². The molecule has 5 aromatic rings. The first kappa shape index (κ1) is 23.4. The molecule has 0 bridgehead atoms. The lowest BCUT2D eigenvalue weighted by Gasteiger charge is -2.36. The zero-order chi connectivity index (χ0) is 25.4. The third-order valence-corrected chi connectivity index (χ3v) is 7.47. The number of aromatic nitrogens is 2. The summed E-state index contributed by atoms with van der Waals surface area (Å²) in [4.78, 5) is 21.3. The van der Waals surface area contributed by atoms with Crippen molar-refractivity contribution in [2.24, 2.45) is 0 Å². The maximum absolute atomic E-state index is 12.9. The molecule has 1 aliphatic heterocycles. The quantitative estimate of drug-likeness (QED) is 0.338. The molecule has 190 valence electrons. The average Bonchev–Trinajstić information content (AvgIpc) is 3.52. The Kier molecular flexibility index (Phi) is 6.22. The van der Waals surface area contributed by atoms with Gasteiger partial charge in [0, 0.05) is 60.9 Å². The predicted octanol–water partition coefficient (Wildman–Crippen LogP) is 5.14. The summed E-state index contributed by atoms with van der Waals surface area (Å²) >= 11 is 0. The first-order valence-electron chi connectivity index (χ1n) is 12.9. The van der Waals surface area contributed by atoms with Gasteiger partial charge < -0.3 is 19.0 Å². The summed E-state index contributed by atoms with van der Waals surface area (Å²) in [7, 11) is 1.71. The van der Waals surface area contributed by atoms with E-state index in [-0.39, 0.29) is 5.56 Å². The van der Waals surface area contributed by atoms with E-state index in [2.05, 4.69) is 45.2 Å². The first-order chi connectivity index (χ1) is 18.1. The molecular weight excluding hydrogens is 464 g/mol. The van der Waals surface area contributed by atoms with E-state index in [1.54, 1.807) is 23.9 Å². The minimum atomic E-state index is -0.0533. The number of methoxy groups -OCH3 is 1. The molecule has 3 aromatic heterocycles. The number of fused-ring (bicyclic) bond motifs is 2. The van der Waals surface area contributed by atoms with Gasteiger partial charge in [-0.05, 0) is 86.5 Å². The Morgan fingerprint density at radius 2 is 1.73 bits per heavy atom. The van der Waals surface area contributed by atoms with Crippen molar-refractivity contribution in [3.8, 4) is 11.4 Å². The van der Waals surface area contributed by atoms with Gasteiger partial charge in [-0.3, -0.25) is 14.3 Å². The Labute approximate surface area is 215 Å². The standard InChI is InChI=1S/C30H32N4O3/c1-21-18-27-29(37-21)11-13-34(30(27)35)24-7-5-23(6-8-24)33-16-14-32(15-17-33)12-3-4-22-20-31-28-10-9-25(36-2)19-26(22)28/h5-11,13,18-20,31H,3-4,12,14-17H2,1-2H3. The maximum Gasteiger partial charge on any atom is 0.266 e. The highest BCUT2D eigenvalue weighted by Crippen LogP contribution is 2.25. The number of furan rings is 1. The summed E-state index contributed by atoms with van der Waals surface area (Å²) in [6.45, 7) is 7.08. The molecule has 1 N–H and O–H groups in total. The number of hydrogen-bond donors (Lipinski definition) is 1. The van der Waals surface area contributed by atoms with Gasteiger partial charge in [0.25, 0.3) is 5.56 Å². The molecule has 37 heavy (non-hydrogen) atoms. The molecule has 0 saturated carbocycles. The minimum Gasteiger partial charge on any atom is -0.497 e. The van der Waals surface area contributed by atoms with Crippen molar-refractivity contribution >= 4 is 27.6 Å². The zero-order valence-electron chi connectivity index (χ0n) is 21.4. The molecule has 1 fully saturated rings. The molecular formula is C30H32N4O3. The molecule has 0 atom stereocenters. The Balaban J connectivity index is 1.04. The molecule has 6 rings (SSSR count). The second kappa shape index (κ2) is 9.82. The molecule has 7 nitrogen and oxygen atoms in total. The fourth-order valence-electron chi connectivity index (χ4n) is 5.40. The molecule has 0 radical (unpaired) electrons. The van der Waals surface area contributed by atoms with E-state index >= 15 is 0 Å². The van der Waals surface area contributed by atoms with Crippen LogP contribution in [0, 0.1) is 6.92 Å². The number of pyridine rings is 1. The molecule has 0 spiro atoms. The number of anilines is 1. The number of benzene rings is 2. The number of ether oxygens (including phenoxy) is 1. The van der Waals surface area contributed by atoms with Crippen molar-refractivity contribution in [2.45, 2.75) is 19.8 Å². The molecule has 4 heterocycles. The van der Waals surface area contributed by atoms with Crippen LogP contribution in [0.2, 0.25) is 0 Å². The third kappa shape index (κ3) is 4.62. The van der Waals surface area contributed by atoms with Crippen LogP contribution in [0.4, 0.5) is 5.69 Å². The minimum absolute atomic E-state index is 0.0533. The molecule has 0 unspecified atom stereocenters. The van der Waals surface area contributed by atoms with E-state index in [9.17, 15) is 4.79 Å². The van der Waals surface area contributed by atoms with Crippen LogP contribution in [-0.4, -0.2) is 54.3 Å². The van der Waals surface area contributed by atoms with Gasteiger partial charge in [0.05, 0.1) is 12.5 Å². The number of aromatic amines is 1. The Bertz CT molecular complexity index is 1590. The molecule has 2 aromatic carbocycles. The van der Waals surface area contributed by atoms with E-state index in [1.807, 2.05) is 31.2 Å². The zero-order valence-corrected chi connectivity index (χ0v) is 21.4. The van der Waals surface area contributed by atoms with Crippen LogP contribution in [-0.2, 0) is 6.42 Å². The molecule has 7 heteroatoms. The highest BCUT2D eigenvalue weighted by atomic mass is 16.5. The number of nitrogens with one attached hydrogen (secondary N) is 1. The second-order valence-corrected chi connectivity index (χ2v) is 9.80. The number of H-pyrrole nitrogens is 1. The smallest absolute Gasteiger partial charge is 0.266 e. The lowest BCUT2D eigenvalue weighted by Crippen LogP contribution is -2.46. The van der Waals surface area contributed by atoms with Crippen molar-refractivity contribution in [1.29, 1.82) is 0 Å². The number of hydrogen-bond acceptors (Lipinski definition) is 5. The normalized spacial score (nSPS) is 14.6. The number of piperazine rings is 1. The van der Waals surface area contributed by atoms with Gasteiger partial charge in [0.2, 0.25) is 0 Å². The fraction of sp³-hybridized carbons (Fsp3) is 0.300. The largest absolute Gasteiger partial charge is 0.497 e. The monoisotopic (exact) mass is 496 g/mol. The number of rotatable bonds is 7. The highest BCUT2D eigenvalue weighted by molar-refractivity contribution is 5.84. The summed E-state index contributed by atoms with van der Waals surface area (Å²) in [6.07, 6.45) is 6.11. The summed E-state index contributed by atoms with van der Waals surface area (Å²) in [5.74, 6) is 1.65. The number of nitrogens with zero attached hydrogens (tertiary/aromatic N) is 3. The van der Waals surface area contributed by atoms with Gasteiger partial charge in [-0.2, -0.15) is 0 Å². The van der Waals surface area contributed by atoms with Gasteiger partial charge in [-0.15, -0.1) is 0 Å². The third-order valence-electron chi connectivity index (χ3n) is 7.47. The molecule has 1 saturated heterocycles. The highest BCUT2D eigenvalue weighted by Gasteiger charge is 2.17. The predicted molar refractivity (Wildman–Crippen MR) is 148 cm³/mol. The van der Waals surface area contributed by atoms with Crippen molar-refractivity contribution < 1.29 is 9.15 Å². The second-order valence-electron chi connectivity index (χ2n) is 9.80. The lowest BCUT2D eigenvalue weighted by atomic mass is 10.1. The van der Waals surface area contributed by atoms with E-state index in [0.717, 1.165) is 68.3 Å². The van der Waals surface area contributed by atoms with E-state index < -0.39 is 0 Å². The summed E-state index contributed by atoms with van der Waals surface area (Å²) < 4.78 is 12.7. The van der Waals surface area contributed by atoms with Crippen molar-refractivity contribution in [3.05, 3.63) is 88.7 Å². The van der Waals surface area contributed by atoms with Crippen LogP contribution in [0.1, 0.15) is 17.7 Å². The van der Waals surface area contributed by atoms with Crippen molar-refractivity contribution in [3.63, 3.8) is 0 Å². The van der Waals surface area contributed by atoms with Crippen LogP contribution in [0.3, 0.4) is 0 Å². The van der Waals surface area contributed by atoms with Gasteiger partial charge in [0.1, 0.15) is 17.1 Å². The fourth-order valence-corrected chi connectivity index (χ4v) is 5.40. The molecule has 1 aliphatic rings. The van der Waals surface area contributed by atoms with Gasteiger partial charge in [-0.1, -0.05) is 0 Å². The topological polar surface area (TPSA) is 66.6 Å². The van der Waals surface area contributed by atoms with Crippen LogP contribution < -0.4 is 15.2 Å². The van der Waals surface area contributed by atoms with Gasteiger partial charge in [0.15, 0.2) is 0 Å². The van der Waals surface area contributed by atoms with Crippen LogP contribution >= 0.6 is 0 Å². The van der Waals surface area contributed by atoms with E-state index in [0.29, 0.717) is 11.0 Å². The lowest BCUT2D eigenvalue weighted by molar-refractivity contribution is 0.255. The van der Waals surface area contributed by atoms with Crippen molar-refractivity contribution in [2.75, 3.05) is 44.7 Å². The average molecular weight is 497 g/mol. The Morgan fingerprint density at radius 1 is 0.946 bits per heavy atom. The Hall–Kier alpha value is -3.97. The maximum atomic E-state index is 12.9. The summed E-state index contributed by atoms with van der Waals surface area (Å²) in [5, 5.41) is 1.87. The summed E-state index contributed by atoms with van der Waals surface area (Å²) in [5.41, 5.74) is 5.16. The molecule has 0 amide bonds.